The molecule has 0 fully saturated rings. The predicted octanol–water partition coefficient (Wildman–Crippen LogP) is 16.4. The van der Waals surface area contributed by atoms with Crippen LogP contribution in [0.25, 0.3) is 125 Å². The Kier molecular flexibility index (Phi) is 6.92. The van der Waals surface area contributed by atoms with Gasteiger partial charge in [0.25, 0.3) is 0 Å². The summed E-state index contributed by atoms with van der Waals surface area (Å²) >= 11 is 1.87. The van der Waals surface area contributed by atoms with Gasteiger partial charge in [0, 0.05) is 47.4 Å². The molecule has 0 saturated heterocycles. The van der Waals surface area contributed by atoms with Crippen LogP contribution in [0.5, 0.6) is 0 Å². The zero-order chi connectivity index (χ0) is 38.6. The van der Waals surface area contributed by atoms with Gasteiger partial charge < -0.3 is 8.98 Å². The maximum Gasteiger partial charge on any atom is 0.136 e. The first kappa shape index (κ1) is 32.6. The molecule has 0 unspecified atom stereocenters. The fraction of sp³-hybridized carbons (Fsp3) is 0. The second-order valence-electron chi connectivity index (χ2n) is 15.6. The SMILES string of the molecule is c1ccc(-c2c3ccccc3c(-c3cc(-c4ccc5c6cc7sc8ccccc8c7cc6n(-c6ccccc6)c5c4)cc4oc5ccccc5c34)c3ccccc23)cc1. The van der Waals surface area contributed by atoms with Gasteiger partial charge in [0.05, 0.1) is 11.0 Å². The molecule has 0 N–H and O–H groups in total. The van der Waals surface area contributed by atoms with Gasteiger partial charge in [-0.2, -0.15) is 0 Å². The number of thiophene rings is 1. The summed E-state index contributed by atoms with van der Waals surface area (Å²) in [5, 5.41) is 12.3. The molecule has 0 radical (unpaired) electrons. The highest BCUT2D eigenvalue weighted by Gasteiger charge is 2.23. The van der Waals surface area contributed by atoms with E-state index in [4.69, 9.17) is 4.42 Å². The second-order valence-corrected chi connectivity index (χ2v) is 16.7. The van der Waals surface area contributed by atoms with E-state index in [1.165, 1.54) is 85.8 Å². The smallest absolute Gasteiger partial charge is 0.136 e. The van der Waals surface area contributed by atoms with Crippen molar-refractivity contribution in [2.75, 3.05) is 0 Å². The molecule has 0 spiro atoms. The predicted molar refractivity (Wildman–Crippen MR) is 252 cm³/mol. The van der Waals surface area contributed by atoms with E-state index >= 15 is 0 Å². The van der Waals surface area contributed by atoms with E-state index in [1.54, 1.807) is 0 Å². The van der Waals surface area contributed by atoms with Gasteiger partial charge in [-0.1, -0.05) is 146 Å². The Labute approximate surface area is 343 Å². The Morgan fingerprint density at radius 1 is 0.339 bits per heavy atom. The van der Waals surface area contributed by atoms with Crippen molar-refractivity contribution >= 4 is 96.8 Å². The summed E-state index contributed by atoms with van der Waals surface area (Å²) in [6.07, 6.45) is 0. The third kappa shape index (κ3) is 4.80. The number of hydrogen-bond acceptors (Lipinski definition) is 2. The maximum atomic E-state index is 6.79. The molecule has 0 bridgehead atoms. The van der Waals surface area contributed by atoms with Crippen LogP contribution in [0.4, 0.5) is 0 Å². The number of aromatic nitrogens is 1. The Morgan fingerprint density at radius 2 is 0.949 bits per heavy atom. The molecule has 0 aliphatic rings. The molecule has 0 aliphatic heterocycles. The summed E-state index contributed by atoms with van der Waals surface area (Å²) < 4.78 is 11.9. The van der Waals surface area contributed by atoms with Crippen molar-refractivity contribution in [2.45, 2.75) is 0 Å². The van der Waals surface area contributed by atoms with E-state index < -0.39 is 0 Å². The van der Waals surface area contributed by atoms with E-state index in [1.807, 2.05) is 11.3 Å². The summed E-state index contributed by atoms with van der Waals surface area (Å²) in [4.78, 5) is 0. The average Bonchev–Trinajstić information content (AvgIpc) is 3.96. The van der Waals surface area contributed by atoms with Crippen LogP contribution in [0, 0.1) is 0 Å². The van der Waals surface area contributed by atoms with Crippen LogP contribution in [-0.2, 0) is 0 Å². The summed E-state index contributed by atoms with van der Waals surface area (Å²) in [7, 11) is 0. The third-order valence-corrected chi connectivity index (χ3v) is 13.5. The average molecular weight is 768 g/mol. The lowest BCUT2D eigenvalue weighted by Gasteiger charge is -2.19. The fourth-order valence-electron chi connectivity index (χ4n) is 9.82. The molecule has 0 atom stereocenters. The highest BCUT2D eigenvalue weighted by atomic mass is 32.1. The zero-order valence-electron chi connectivity index (χ0n) is 31.8. The number of nitrogens with zero attached hydrogens (tertiary/aromatic N) is 1. The molecule has 10 aromatic carbocycles. The van der Waals surface area contributed by atoms with E-state index in [-0.39, 0.29) is 0 Å². The molecule has 2 nitrogen and oxygen atoms in total. The molecule has 274 valence electrons. The first-order valence-corrected chi connectivity index (χ1v) is 21.0. The molecular weight excluding hydrogens is 735 g/mol. The minimum Gasteiger partial charge on any atom is -0.456 e. The quantitative estimate of drug-likeness (QED) is 0.163. The molecular formula is C56H33NOS. The van der Waals surface area contributed by atoms with E-state index in [9.17, 15) is 0 Å². The van der Waals surface area contributed by atoms with Gasteiger partial charge in [-0.15, -0.1) is 11.3 Å². The summed E-state index contributed by atoms with van der Waals surface area (Å²) in [5.41, 5.74) is 12.4. The number of rotatable bonds is 4. The third-order valence-electron chi connectivity index (χ3n) is 12.4. The van der Waals surface area contributed by atoms with Crippen LogP contribution >= 0.6 is 11.3 Å². The lowest BCUT2D eigenvalue weighted by molar-refractivity contribution is 0.669. The molecule has 0 saturated carbocycles. The molecule has 3 heteroatoms. The Balaban J connectivity index is 1.12. The zero-order valence-corrected chi connectivity index (χ0v) is 32.6. The molecule has 59 heavy (non-hydrogen) atoms. The number of furan rings is 1. The largest absolute Gasteiger partial charge is 0.456 e. The highest BCUT2D eigenvalue weighted by molar-refractivity contribution is 7.25. The van der Waals surface area contributed by atoms with Gasteiger partial charge >= 0.3 is 0 Å². The van der Waals surface area contributed by atoms with Crippen molar-refractivity contribution in [3.8, 4) is 39.1 Å². The molecule has 0 aliphatic carbocycles. The number of benzene rings is 10. The first-order chi connectivity index (χ1) is 29.3. The normalized spacial score (nSPS) is 12.1. The van der Waals surface area contributed by atoms with Crippen molar-refractivity contribution in [1.29, 1.82) is 0 Å². The molecule has 13 rings (SSSR count). The van der Waals surface area contributed by atoms with Crippen LogP contribution in [0.1, 0.15) is 0 Å². The number of fused-ring (bicyclic) bond motifs is 11. The van der Waals surface area contributed by atoms with Crippen molar-refractivity contribution in [1.82, 2.24) is 4.57 Å². The lowest BCUT2D eigenvalue weighted by atomic mass is 9.84. The van der Waals surface area contributed by atoms with E-state index in [0.717, 1.165) is 38.8 Å². The van der Waals surface area contributed by atoms with Gasteiger partial charge in [-0.05, 0) is 110 Å². The van der Waals surface area contributed by atoms with Gasteiger partial charge in [-0.25, -0.2) is 0 Å². The van der Waals surface area contributed by atoms with Crippen molar-refractivity contribution in [3.63, 3.8) is 0 Å². The summed E-state index contributed by atoms with van der Waals surface area (Å²) in [6, 6.07) is 73.2. The second kappa shape index (κ2) is 12.5. The summed E-state index contributed by atoms with van der Waals surface area (Å²) in [5.74, 6) is 0. The first-order valence-electron chi connectivity index (χ1n) is 20.2. The number of hydrogen-bond donors (Lipinski definition) is 0. The maximum absolute atomic E-state index is 6.79. The van der Waals surface area contributed by atoms with Crippen LogP contribution in [-0.4, -0.2) is 4.57 Å². The van der Waals surface area contributed by atoms with Gasteiger partial charge in [0.2, 0.25) is 0 Å². The van der Waals surface area contributed by atoms with Crippen molar-refractivity contribution in [3.05, 3.63) is 200 Å². The van der Waals surface area contributed by atoms with Gasteiger partial charge in [-0.3, -0.25) is 0 Å². The van der Waals surface area contributed by atoms with Crippen LogP contribution in [0.2, 0.25) is 0 Å². The number of para-hydroxylation sites is 2. The Hall–Kier alpha value is -7.46. The van der Waals surface area contributed by atoms with E-state index in [0.29, 0.717) is 0 Å². The van der Waals surface area contributed by atoms with Crippen LogP contribution in [0.15, 0.2) is 205 Å². The molecule has 3 aromatic heterocycles. The monoisotopic (exact) mass is 767 g/mol. The van der Waals surface area contributed by atoms with Gasteiger partial charge in [0.1, 0.15) is 11.2 Å². The molecule has 3 heterocycles. The minimum atomic E-state index is 0.884. The molecule has 13 aromatic rings. The topological polar surface area (TPSA) is 18.1 Å². The minimum absolute atomic E-state index is 0.884. The molecule has 0 amide bonds. The Morgan fingerprint density at radius 3 is 1.69 bits per heavy atom. The van der Waals surface area contributed by atoms with Crippen LogP contribution < -0.4 is 0 Å². The Bertz CT molecular complexity index is 3770. The van der Waals surface area contributed by atoms with Crippen LogP contribution in [0.3, 0.4) is 0 Å². The standard InChI is InChI=1S/C56H33NOS/c1-3-15-34(16-4-1)54-40-20-7-9-22-42(40)55(43-23-10-8-21-41(43)54)47-29-36(31-51-56(47)44-24-11-13-25-50(44)58-51)35-27-28-38-45-33-53-46(39-19-12-14-26-52(39)59-53)32-49(45)57(48(38)30-35)37-17-5-2-6-18-37/h1-33H. The lowest BCUT2D eigenvalue weighted by Crippen LogP contribution is -1.94. The van der Waals surface area contributed by atoms with Gasteiger partial charge in [0.15, 0.2) is 0 Å². The van der Waals surface area contributed by atoms with Crippen molar-refractivity contribution in [2.24, 2.45) is 0 Å². The highest BCUT2D eigenvalue weighted by Crippen LogP contribution is 2.49. The summed E-state index contributed by atoms with van der Waals surface area (Å²) in [6.45, 7) is 0. The van der Waals surface area contributed by atoms with E-state index in [2.05, 4.69) is 205 Å². The fourth-order valence-corrected chi connectivity index (χ4v) is 10.9. The van der Waals surface area contributed by atoms with Crippen molar-refractivity contribution < 1.29 is 4.42 Å².